The van der Waals surface area contributed by atoms with Gasteiger partial charge in [0.15, 0.2) is 0 Å². The molecule has 0 atom stereocenters. The van der Waals surface area contributed by atoms with Gasteiger partial charge in [0, 0.05) is 11.1 Å². The predicted octanol–water partition coefficient (Wildman–Crippen LogP) is 5.26. The van der Waals surface area contributed by atoms with Crippen LogP contribution in [0.1, 0.15) is 10.4 Å². The molecule has 0 saturated heterocycles. The lowest BCUT2D eigenvalue weighted by Gasteiger charge is -2.08. The fraction of sp³-hybridized carbons (Fsp3) is 0. The second-order valence-corrected chi connectivity index (χ2v) is 5.63. The maximum absolute atomic E-state index is 12.1. The minimum Gasteiger partial charge on any atom is -0.450 e. The highest BCUT2D eigenvalue weighted by atomic mass is 35.5. The number of nitro benzene ring substituents is 1. The van der Waals surface area contributed by atoms with E-state index in [0.29, 0.717) is 17.1 Å². The lowest BCUT2D eigenvalue weighted by atomic mass is 10.2. The fourth-order valence-electron chi connectivity index (χ4n) is 2.16. The number of rotatable bonds is 5. The maximum atomic E-state index is 12.1. The predicted molar refractivity (Wildman–Crippen MR) is 96.0 cm³/mol. The molecule has 3 aromatic carbocycles. The molecule has 0 aromatic heterocycles. The molecule has 0 radical (unpaired) electrons. The Morgan fingerprint density at radius 3 is 2.27 bits per heavy atom. The molecule has 7 heteroatoms. The molecule has 0 fully saturated rings. The normalized spacial score (nSPS) is 10.2. The number of hydrogen-bond donors (Lipinski definition) is 0. The molecule has 3 rings (SSSR count). The SMILES string of the molecule is O=C(Oc1ccccc1)c1ccc(Oc2ccc(Cl)cc2[N+](=O)[O-])cc1. The first-order chi connectivity index (χ1) is 12.5. The van der Waals surface area contributed by atoms with Crippen molar-refractivity contribution in [2.75, 3.05) is 0 Å². The number of esters is 1. The standard InChI is InChI=1S/C19H12ClNO5/c20-14-8-11-18(17(12-14)21(23)24)25-16-9-6-13(7-10-16)19(22)26-15-4-2-1-3-5-15/h1-12H. The van der Waals surface area contributed by atoms with E-state index in [1.54, 1.807) is 24.3 Å². The zero-order valence-electron chi connectivity index (χ0n) is 13.3. The zero-order chi connectivity index (χ0) is 18.5. The Balaban J connectivity index is 1.74. The van der Waals surface area contributed by atoms with E-state index < -0.39 is 10.9 Å². The van der Waals surface area contributed by atoms with Crippen LogP contribution in [0.3, 0.4) is 0 Å². The summed E-state index contributed by atoms with van der Waals surface area (Å²) in [5.41, 5.74) is 0.0804. The average molecular weight is 370 g/mol. The van der Waals surface area contributed by atoms with Crippen LogP contribution in [0.4, 0.5) is 5.69 Å². The summed E-state index contributed by atoms with van der Waals surface area (Å²) in [6.45, 7) is 0. The summed E-state index contributed by atoms with van der Waals surface area (Å²) in [7, 11) is 0. The Morgan fingerprint density at radius 2 is 1.62 bits per heavy atom. The topological polar surface area (TPSA) is 78.7 Å². The van der Waals surface area contributed by atoms with Gasteiger partial charge in [0.25, 0.3) is 0 Å². The Kier molecular flexibility index (Phi) is 5.15. The number of benzene rings is 3. The maximum Gasteiger partial charge on any atom is 0.343 e. The molecule has 0 aliphatic carbocycles. The van der Waals surface area contributed by atoms with Gasteiger partial charge in [0.1, 0.15) is 11.5 Å². The molecule has 0 aliphatic heterocycles. The third kappa shape index (κ3) is 4.17. The quantitative estimate of drug-likeness (QED) is 0.265. The molecule has 130 valence electrons. The molecule has 0 unspecified atom stereocenters. The van der Waals surface area contributed by atoms with Gasteiger partial charge in [0.2, 0.25) is 5.75 Å². The number of hydrogen-bond acceptors (Lipinski definition) is 5. The van der Waals surface area contributed by atoms with Crippen molar-refractivity contribution in [2.45, 2.75) is 0 Å². The Morgan fingerprint density at radius 1 is 0.923 bits per heavy atom. The molecule has 26 heavy (non-hydrogen) atoms. The van der Waals surface area contributed by atoms with Crippen LogP contribution in [0.15, 0.2) is 72.8 Å². The van der Waals surface area contributed by atoms with Crippen LogP contribution in [0, 0.1) is 10.1 Å². The lowest BCUT2D eigenvalue weighted by Crippen LogP contribution is -2.08. The monoisotopic (exact) mass is 369 g/mol. The van der Waals surface area contributed by atoms with Crippen molar-refractivity contribution in [2.24, 2.45) is 0 Å². The third-order valence-corrected chi connectivity index (χ3v) is 3.62. The molecule has 0 saturated carbocycles. The highest BCUT2D eigenvalue weighted by molar-refractivity contribution is 6.30. The summed E-state index contributed by atoms with van der Waals surface area (Å²) >= 11 is 5.77. The zero-order valence-corrected chi connectivity index (χ0v) is 14.1. The second kappa shape index (κ2) is 7.67. The van der Waals surface area contributed by atoms with Gasteiger partial charge in [-0.1, -0.05) is 29.8 Å². The largest absolute Gasteiger partial charge is 0.450 e. The van der Waals surface area contributed by atoms with Crippen molar-refractivity contribution in [1.29, 1.82) is 0 Å². The highest BCUT2D eigenvalue weighted by Crippen LogP contribution is 2.33. The summed E-state index contributed by atoms with van der Waals surface area (Å²) in [4.78, 5) is 22.6. The average Bonchev–Trinajstić information content (AvgIpc) is 2.64. The van der Waals surface area contributed by atoms with E-state index >= 15 is 0 Å². The van der Waals surface area contributed by atoms with Crippen molar-refractivity contribution in [3.8, 4) is 17.2 Å². The summed E-state index contributed by atoms with van der Waals surface area (Å²) in [6.07, 6.45) is 0. The Hall–Kier alpha value is -3.38. The van der Waals surface area contributed by atoms with Crippen molar-refractivity contribution in [3.05, 3.63) is 93.5 Å². The van der Waals surface area contributed by atoms with E-state index in [0.717, 1.165) is 0 Å². The van der Waals surface area contributed by atoms with E-state index in [1.165, 1.54) is 42.5 Å². The molecule has 0 N–H and O–H groups in total. The molecule has 0 spiro atoms. The Bertz CT molecular complexity index is 942. The molecule has 6 nitrogen and oxygen atoms in total. The van der Waals surface area contributed by atoms with Gasteiger partial charge in [-0.3, -0.25) is 10.1 Å². The van der Waals surface area contributed by atoms with E-state index in [4.69, 9.17) is 21.1 Å². The number of para-hydroxylation sites is 1. The number of halogens is 1. The van der Waals surface area contributed by atoms with E-state index in [1.807, 2.05) is 6.07 Å². The minimum atomic E-state index is -0.577. The van der Waals surface area contributed by atoms with Gasteiger partial charge in [-0.05, 0) is 48.5 Å². The van der Waals surface area contributed by atoms with Crippen LogP contribution in [0.5, 0.6) is 17.2 Å². The first-order valence-electron chi connectivity index (χ1n) is 7.52. The van der Waals surface area contributed by atoms with Crippen LogP contribution in [-0.4, -0.2) is 10.9 Å². The van der Waals surface area contributed by atoms with Crippen LogP contribution in [0.25, 0.3) is 0 Å². The first-order valence-corrected chi connectivity index (χ1v) is 7.90. The summed E-state index contributed by atoms with van der Waals surface area (Å²) in [5.74, 6) is 0.320. The van der Waals surface area contributed by atoms with E-state index in [9.17, 15) is 14.9 Å². The number of carbonyl (C=O) groups is 1. The van der Waals surface area contributed by atoms with Gasteiger partial charge in [-0.25, -0.2) is 4.79 Å². The third-order valence-electron chi connectivity index (χ3n) is 3.39. The van der Waals surface area contributed by atoms with Crippen LogP contribution in [-0.2, 0) is 0 Å². The molecule has 0 heterocycles. The van der Waals surface area contributed by atoms with Crippen molar-refractivity contribution >= 4 is 23.3 Å². The van der Waals surface area contributed by atoms with Crippen molar-refractivity contribution in [3.63, 3.8) is 0 Å². The molecule has 0 aliphatic rings. The van der Waals surface area contributed by atoms with Gasteiger partial charge in [-0.15, -0.1) is 0 Å². The fourth-order valence-corrected chi connectivity index (χ4v) is 2.33. The number of carbonyl (C=O) groups excluding carboxylic acids is 1. The van der Waals surface area contributed by atoms with Gasteiger partial charge in [0.05, 0.1) is 10.5 Å². The van der Waals surface area contributed by atoms with Gasteiger partial charge in [-0.2, -0.15) is 0 Å². The van der Waals surface area contributed by atoms with Crippen LogP contribution >= 0.6 is 11.6 Å². The van der Waals surface area contributed by atoms with Crippen molar-refractivity contribution in [1.82, 2.24) is 0 Å². The smallest absolute Gasteiger partial charge is 0.343 e. The van der Waals surface area contributed by atoms with Crippen LogP contribution in [0.2, 0.25) is 5.02 Å². The number of ether oxygens (including phenoxy) is 2. The van der Waals surface area contributed by atoms with Gasteiger partial charge >= 0.3 is 11.7 Å². The molecular weight excluding hydrogens is 358 g/mol. The number of nitrogens with zero attached hydrogens (tertiary/aromatic N) is 1. The minimum absolute atomic E-state index is 0.0546. The Labute approximate surface area is 153 Å². The molecule has 0 amide bonds. The summed E-state index contributed by atoms with van der Waals surface area (Å²) < 4.78 is 10.8. The summed E-state index contributed by atoms with van der Waals surface area (Å²) in [6, 6.07) is 18.9. The number of nitro groups is 1. The molecule has 0 bridgehead atoms. The van der Waals surface area contributed by atoms with Gasteiger partial charge < -0.3 is 9.47 Å². The van der Waals surface area contributed by atoms with Crippen molar-refractivity contribution < 1.29 is 19.2 Å². The molecular formula is C19H12ClNO5. The first kappa shape index (κ1) is 17.4. The molecule has 3 aromatic rings. The summed E-state index contributed by atoms with van der Waals surface area (Å²) in [5, 5.41) is 11.3. The highest BCUT2D eigenvalue weighted by Gasteiger charge is 2.17. The van der Waals surface area contributed by atoms with E-state index in [-0.39, 0.29) is 16.5 Å². The lowest BCUT2D eigenvalue weighted by molar-refractivity contribution is -0.385. The van der Waals surface area contributed by atoms with Crippen LogP contribution < -0.4 is 9.47 Å². The second-order valence-electron chi connectivity index (χ2n) is 5.20. The van der Waals surface area contributed by atoms with E-state index in [2.05, 4.69) is 0 Å².